The van der Waals surface area contributed by atoms with Crippen molar-refractivity contribution in [2.24, 2.45) is 10.9 Å². The fourth-order valence-electron chi connectivity index (χ4n) is 1.87. The van der Waals surface area contributed by atoms with Gasteiger partial charge in [0.2, 0.25) is 0 Å². The van der Waals surface area contributed by atoms with Gasteiger partial charge in [0, 0.05) is 6.21 Å². The van der Waals surface area contributed by atoms with Crippen molar-refractivity contribution in [3.8, 4) is 0 Å². The Morgan fingerprint density at radius 2 is 1.58 bits per heavy atom. The second-order valence-corrected chi connectivity index (χ2v) is 6.24. The van der Waals surface area contributed by atoms with E-state index in [1.165, 1.54) is 19.2 Å². The number of esters is 3. The fraction of sp³-hybridized carbons (Fsp3) is 0.444. The quantitative estimate of drug-likeness (QED) is 0.310. The molecular formula is C18H22ClNO6. The van der Waals surface area contributed by atoms with Crippen molar-refractivity contribution < 1.29 is 28.6 Å². The monoisotopic (exact) mass is 383 g/mol. The zero-order valence-corrected chi connectivity index (χ0v) is 16.1. The Hall–Kier alpha value is -2.41. The maximum absolute atomic E-state index is 12.2. The van der Waals surface area contributed by atoms with Gasteiger partial charge in [-0.3, -0.25) is 14.6 Å². The van der Waals surface area contributed by atoms with Crippen LogP contribution in [-0.2, 0) is 23.8 Å². The normalized spacial score (nSPS) is 11.3. The van der Waals surface area contributed by atoms with E-state index in [1.807, 2.05) is 0 Å². The lowest BCUT2D eigenvalue weighted by Crippen LogP contribution is -2.32. The first-order valence-electron chi connectivity index (χ1n) is 7.99. The van der Waals surface area contributed by atoms with Crippen LogP contribution >= 0.6 is 11.6 Å². The standard InChI is InChI=1S/C18H22ClNO6/c1-10(2)25-17(22)13(18(23)26-11(3)4)9-20-14-8-6-7-12(15(14)19)16(21)24-5/h6-11,13H,1-5H3. The Kier molecular flexibility index (Phi) is 8.25. The topological polar surface area (TPSA) is 91.3 Å². The molecular weight excluding hydrogens is 362 g/mol. The van der Waals surface area contributed by atoms with Gasteiger partial charge >= 0.3 is 17.9 Å². The zero-order valence-electron chi connectivity index (χ0n) is 15.3. The van der Waals surface area contributed by atoms with Gasteiger partial charge in [-0.05, 0) is 39.8 Å². The molecule has 0 heterocycles. The summed E-state index contributed by atoms with van der Waals surface area (Å²) in [4.78, 5) is 40.1. The molecule has 0 aliphatic heterocycles. The molecule has 0 saturated heterocycles. The molecule has 7 nitrogen and oxygen atoms in total. The molecule has 8 heteroatoms. The largest absolute Gasteiger partial charge is 0.465 e. The molecule has 0 aliphatic rings. The minimum atomic E-state index is -1.35. The second kappa shape index (κ2) is 9.91. The van der Waals surface area contributed by atoms with E-state index < -0.39 is 36.0 Å². The molecule has 0 fully saturated rings. The lowest BCUT2D eigenvalue weighted by Gasteiger charge is -2.15. The van der Waals surface area contributed by atoms with Crippen LogP contribution in [0.3, 0.4) is 0 Å². The number of carbonyl (C=O) groups excluding carboxylic acids is 3. The van der Waals surface area contributed by atoms with Crippen LogP contribution in [0.1, 0.15) is 38.1 Å². The van der Waals surface area contributed by atoms with Crippen molar-refractivity contribution in [3.05, 3.63) is 28.8 Å². The number of halogens is 1. The number of hydrogen-bond acceptors (Lipinski definition) is 7. The van der Waals surface area contributed by atoms with Crippen LogP contribution in [0.15, 0.2) is 23.2 Å². The molecule has 142 valence electrons. The first-order valence-corrected chi connectivity index (χ1v) is 8.37. The summed E-state index contributed by atoms with van der Waals surface area (Å²) in [6.45, 7) is 6.65. The van der Waals surface area contributed by atoms with E-state index in [1.54, 1.807) is 33.8 Å². The van der Waals surface area contributed by atoms with Crippen LogP contribution in [0, 0.1) is 5.92 Å². The number of benzene rings is 1. The third-order valence-corrected chi connectivity index (χ3v) is 3.36. The molecule has 0 radical (unpaired) electrons. The summed E-state index contributed by atoms with van der Waals surface area (Å²) in [6, 6.07) is 4.56. The van der Waals surface area contributed by atoms with E-state index in [4.69, 9.17) is 21.1 Å². The van der Waals surface area contributed by atoms with Gasteiger partial charge < -0.3 is 14.2 Å². The highest BCUT2D eigenvalue weighted by atomic mass is 35.5. The number of rotatable bonds is 7. The molecule has 1 rings (SSSR count). The Bertz CT molecular complexity index is 677. The molecule has 0 spiro atoms. The van der Waals surface area contributed by atoms with E-state index >= 15 is 0 Å². The fourth-order valence-corrected chi connectivity index (χ4v) is 2.12. The van der Waals surface area contributed by atoms with Crippen LogP contribution in [0.2, 0.25) is 5.02 Å². The van der Waals surface area contributed by atoms with E-state index in [9.17, 15) is 14.4 Å². The minimum absolute atomic E-state index is 0.0452. The van der Waals surface area contributed by atoms with Crippen molar-refractivity contribution in [2.45, 2.75) is 39.9 Å². The van der Waals surface area contributed by atoms with Crippen molar-refractivity contribution in [3.63, 3.8) is 0 Å². The van der Waals surface area contributed by atoms with Crippen molar-refractivity contribution in [1.29, 1.82) is 0 Å². The van der Waals surface area contributed by atoms with Crippen LogP contribution < -0.4 is 0 Å². The van der Waals surface area contributed by atoms with E-state index in [2.05, 4.69) is 9.73 Å². The highest BCUT2D eigenvalue weighted by molar-refractivity contribution is 6.36. The summed E-state index contributed by atoms with van der Waals surface area (Å²) in [7, 11) is 1.23. The van der Waals surface area contributed by atoms with Gasteiger partial charge in [-0.25, -0.2) is 4.79 Å². The van der Waals surface area contributed by atoms with Gasteiger partial charge in [0.25, 0.3) is 0 Å². The van der Waals surface area contributed by atoms with Crippen LogP contribution in [-0.4, -0.2) is 43.4 Å². The number of hydrogen-bond donors (Lipinski definition) is 0. The molecule has 1 aromatic rings. The van der Waals surface area contributed by atoms with E-state index in [0.29, 0.717) is 0 Å². The first kappa shape index (κ1) is 21.6. The van der Waals surface area contributed by atoms with Crippen LogP contribution in [0.4, 0.5) is 5.69 Å². The zero-order chi connectivity index (χ0) is 19.9. The van der Waals surface area contributed by atoms with Crippen molar-refractivity contribution in [1.82, 2.24) is 0 Å². The maximum Gasteiger partial charge on any atom is 0.339 e. The van der Waals surface area contributed by atoms with Gasteiger partial charge in [0.05, 0.1) is 35.6 Å². The molecule has 0 atom stereocenters. The molecule has 0 N–H and O–H groups in total. The Labute approximate surface area is 157 Å². The molecule has 0 aliphatic carbocycles. The summed E-state index contributed by atoms with van der Waals surface area (Å²) in [5.41, 5.74) is 0.323. The van der Waals surface area contributed by atoms with E-state index in [-0.39, 0.29) is 16.3 Å². The Morgan fingerprint density at radius 3 is 2.04 bits per heavy atom. The summed E-state index contributed by atoms with van der Waals surface area (Å²) in [5, 5.41) is 0.0452. The SMILES string of the molecule is COC(=O)c1cccc(N=CC(C(=O)OC(C)C)C(=O)OC(C)C)c1Cl. The highest BCUT2D eigenvalue weighted by Gasteiger charge is 2.29. The maximum atomic E-state index is 12.2. The third-order valence-electron chi connectivity index (χ3n) is 2.96. The van der Waals surface area contributed by atoms with Gasteiger partial charge in [0.15, 0.2) is 5.92 Å². The summed E-state index contributed by atoms with van der Waals surface area (Å²) >= 11 is 6.15. The second-order valence-electron chi connectivity index (χ2n) is 5.86. The lowest BCUT2D eigenvalue weighted by atomic mass is 10.1. The average molecular weight is 384 g/mol. The van der Waals surface area contributed by atoms with Crippen LogP contribution in [0.5, 0.6) is 0 Å². The van der Waals surface area contributed by atoms with Crippen LogP contribution in [0.25, 0.3) is 0 Å². The molecule has 26 heavy (non-hydrogen) atoms. The predicted octanol–water partition coefficient (Wildman–Crippen LogP) is 3.35. The Morgan fingerprint density at radius 1 is 1.04 bits per heavy atom. The summed E-state index contributed by atoms with van der Waals surface area (Å²) in [6.07, 6.45) is 0.283. The van der Waals surface area contributed by atoms with Crippen molar-refractivity contribution >= 4 is 41.4 Å². The molecule has 0 unspecified atom stereocenters. The summed E-state index contributed by atoms with van der Waals surface area (Å²) in [5.74, 6) is -3.54. The lowest BCUT2D eigenvalue weighted by molar-refractivity contribution is -0.162. The third kappa shape index (κ3) is 6.15. The molecule has 0 bridgehead atoms. The van der Waals surface area contributed by atoms with E-state index in [0.717, 1.165) is 6.21 Å². The highest BCUT2D eigenvalue weighted by Crippen LogP contribution is 2.29. The number of carbonyl (C=O) groups is 3. The molecule has 1 aromatic carbocycles. The number of nitrogens with zero attached hydrogens (tertiary/aromatic N) is 1. The summed E-state index contributed by atoms with van der Waals surface area (Å²) < 4.78 is 14.8. The van der Waals surface area contributed by atoms with Gasteiger partial charge in [0.1, 0.15) is 0 Å². The molecule has 0 amide bonds. The van der Waals surface area contributed by atoms with Gasteiger partial charge in [-0.15, -0.1) is 0 Å². The molecule has 0 saturated carbocycles. The number of aliphatic imine (C=N–C) groups is 1. The molecule has 0 aromatic heterocycles. The smallest absolute Gasteiger partial charge is 0.339 e. The average Bonchev–Trinajstić information content (AvgIpc) is 2.54. The number of ether oxygens (including phenoxy) is 3. The van der Waals surface area contributed by atoms with Gasteiger partial charge in [-0.2, -0.15) is 0 Å². The van der Waals surface area contributed by atoms with Crippen molar-refractivity contribution in [2.75, 3.05) is 7.11 Å². The minimum Gasteiger partial charge on any atom is -0.465 e. The number of methoxy groups -OCH3 is 1. The van der Waals surface area contributed by atoms with Gasteiger partial charge in [-0.1, -0.05) is 17.7 Å². The Balaban J connectivity index is 3.16. The predicted molar refractivity (Wildman–Crippen MR) is 96.9 cm³/mol. The first-order chi connectivity index (χ1) is 12.2.